The predicted octanol–water partition coefficient (Wildman–Crippen LogP) is 5.11. The Labute approximate surface area is 124 Å². The van der Waals surface area contributed by atoms with E-state index in [2.05, 4.69) is 51.7 Å². The van der Waals surface area contributed by atoms with Crippen LogP contribution in [-0.4, -0.2) is 0 Å². The molecule has 2 nitrogen and oxygen atoms in total. The van der Waals surface area contributed by atoms with E-state index in [1.165, 1.54) is 9.35 Å². The second-order valence-corrected chi connectivity index (χ2v) is 6.84. The Balaban J connectivity index is 1.71. The van der Waals surface area contributed by atoms with Crippen LogP contribution in [0.15, 0.2) is 50.0 Å². The molecule has 98 valence electrons. The minimum Gasteiger partial charge on any atom is -0.459 e. The first-order valence-electron chi connectivity index (χ1n) is 6.17. The van der Waals surface area contributed by atoms with E-state index in [1.54, 1.807) is 11.3 Å². The highest BCUT2D eigenvalue weighted by Gasteiger charge is 2.11. The van der Waals surface area contributed by atoms with Gasteiger partial charge in [-0.15, -0.1) is 11.3 Å². The van der Waals surface area contributed by atoms with Crippen LogP contribution in [0.3, 0.4) is 0 Å². The lowest BCUT2D eigenvalue weighted by atomic mass is 10.2. The van der Waals surface area contributed by atoms with Gasteiger partial charge >= 0.3 is 0 Å². The molecule has 0 amide bonds. The number of halogens is 1. The van der Waals surface area contributed by atoms with Crippen molar-refractivity contribution < 1.29 is 4.42 Å². The summed E-state index contributed by atoms with van der Waals surface area (Å²) in [7, 11) is 0. The Morgan fingerprint density at radius 2 is 2.16 bits per heavy atom. The Hall–Kier alpha value is -1.10. The van der Waals surface area contributed by atoms with Crippen molar-refractivity contribution in [2.75, 3.05) is 0 Å². The fraction of sp³-hybridized carbons (Fsp3) is 0.200. The molecule has 1 N–H and O–H groups in total. The molecule has 0 fully saturated rings. The van der Waals surface area contributed by atoms with E-state index >= 15 is 0 Å². The smallest absolute Gasteiger partial charge is 0.134 e. The number of benzene rings is 1. The summed E-state index contributed by atoms with van der Waals surface area (Å²) < 4.78 is 7.02. The molecule has 3 rings (SSSR count). The van der Waals surface area contributed by atoms with Crippen LogP contribution in [0.2, 0.25) is 0 Å². The van der Waals surface area contributed by atoms with E-state index in [0.717, 1.165) is 23.3 Å². The average Bonchev–Trinajstić information content (AvgIpc) is 3.01. The number of hydrogen-bond donors (Lipinski definition) is 1. The van der Waals surface area contributed by atoms with Gasteiger partial charge in [0, 0.05) is 11.9 Å². The SMILES string of the molecule is CC(NCc1csc(Br)c1)c1cc2ccccc2o1. The normalized spacial score (nSPS) is 12.9. The van der Waals surface area contributed by atoms with Crippen LogP contribution in [0.5, 0.6) is 0 Å². The molecule has 0 aliphatic carbocycles. The van der Waals surface area contributed by atoms with Gasteiger partial charge in [0.1, 0.15) is 11.3 Å². The summed E-state index contributed by atoms with van der Waals surface area (Å²) in [5.74, 6) is 0.982. The first-order chi connectivity index (χ1) is 9.22. The van der Waals surface area contributed by atoms with E-state index in [4.69, 9.17) is 4.42 Å². The number of furan rings is 1. The minimum atomic E-state index is 0.200. The van der Waals surface area contributed by atoms with Crippen LogP contribution in [0.25, 0.3) is 11.0 Å². The van der Waals surface area contributed by atoms with Gasteiger partial charge in [-0.3, -0.25) is 0 Å². The van der Waals surface area contributed by atoms with Crippen LogP contribution in [0, 0.1) is 0 Å². The first-order valence-corrected chi connectivity index (χ1v) is 7.84. The summed E-state index contributed by atoms with van der Waals surface area (Å²) in [5, 5.41) is 6.79. The molecule has 1 unspecified atom stereocenters. The van der Waals surface area contributed by atoms with Crippen molar-refractivity contribution in [3.63, 3.8) is 0 Å². The van der Waals surface area contributed by atoms with Crippen molar-refractivity contribution >= 4 is 38.2 Å². The van der Waals surface area contributed by atoms with Gasteiger partial charge in [-0.05, 0) is 52.0 Å². The van der Waals surface area contributed by atoms with Gasteiger partial charge in [0.2, 0.25) is 0 Å². The molecular weight excluding hydrogens is 322 g/mol. The molecule has 0 aliphatic heterocycles. The average molecular weight is 336 g/mol. The predicted molar refractivity (Wildman–Crippen MR) is 83.5 cm³/mol. The standard InChI is InChI=1S/C15H14BrNOS/c1-10(17-8-11-6-15(16)19-9-11)14-7-12-4-2-3-5-13(12)18-14/h2-7,9-10,17H,8H2,1H3. The summed E-state index contributed by atoms with van der Waals surface area (Å²) in [6.07, 6.45) is 0. The van der Waals surface area contributed by atoms with Crippen molar-refractivity contribution in [3.05, 3.63) is 56.9 Å². The first kappa shape index (κ1) is 12.9. The fourth-order valence-electron chi connectivity index (χ4n) is 2.03. The van der Waals surface area contributed by atoms with Crippen molar-refractivity contribution in [2.24, 2.45) is 0 Å². The fourth-order valence-corrected chi connectivity index (χ4v) is 3.23. The third-order valence-corrected chi connectivity index (χ3v) is 4.66. The second-order valence-electron chi connectivity index (χ2n) is 4.55. The highest BCUT2D eigenvalue weighted by atomic mass is 79.9. The molecule has 0 aliphatic rings. The topological polar surface area (TPSA) is 25.2 Å². The summed E-state index contributed by atoms with van der Waals surface area (Å²) in [5.41, 5.74) is 2.24. The van der Waals surface area contributed by atoms with Gasteiger partial charge in [-0.2, -0.15) is 0 Å². The van der Waals surface area contributed by atoms with Gasteiger partial charge < -0.3 is 9.73 Å². The second kappa shape index (κ2) is 5.49. The molecule has 0 saturated heterocycles. The lowest BCUT2D eigenvalue weighted by Gasteiger charge is -2.09. The van der Waals surface area contributed by atoms with Crippen LogP contribution in [0.1, 0.15) is 24.3 Å². The zero-order valence-electron chi connectivity index (χ0n) is 10.5. The van der Waals surface area contributed by atoms with E-state index in [0.29, 0.717) is 0 Å². The number of rotatable bonds is 4. The Morgan fingerprint density at radius 1 is 1.32 bits per heavy atom. The van der Waals surface area contributed by atoms with Crippen molar-refractivity contribution in [1.29, 1.82) is 0 Å². The van der Waals surface area contributed by atoms with Gasteiger partial charge in [0.25, 0.3) is 0 Å². The highest BCUT2D eigenvalue weighted by Crippen LogP contribution is 2.25. The van der Waals surface area contributed by atoms with Crippen molar-refractivity contribution in [1.82, 2.24) is 5.32 Å². The maximum absolute atomic E-state index is 5.85. The number of fused-ring (bicyclic) bond motifs is 1. The zero-order chi connectivity index (χ0) is 13.2. The van der Waals surface area contributed by atoms with E-state index in [9.17, 15) is 0 Å². The van der Waals surface area contributed by atoms with Crippen LogP contribution in [0.4, 0.5) is 0 Å². The molecule has 0 radical (unpaired) electrons. The Kier molecular flexibility index (Phi) is 3.73. The van der Waals surface area contributed by atoms with Crippen LogP contribution >= 0.6 is 27.3 Å². The van der Waals surface area contributed by atoms with Gasteiger partial charge in [-0.1, -0.05) is 18.2 Å². The number of nitrogens with one attached hydrogen (secondary N) is 1. The number of hydrogen-bond acceptors (Lipinski definition) is 3. The number of thiophene rings is 1. The molecule has 2 aromatic heterocycles. The molecule has 0 saturated carbocycles. The van der Waals surface area contributed by atoms with E-state index < -0.39 is 0 Å². The van der Waals surface area contributed by atoms with E-state index in [-0.39, 0.29) is 6.04 Å². The molecular formula is C15H14BrNOS. The summed E-state index contributed by atoms with van der Waals surface area (Å²) in [6.45, 7) is 2.97. The summed E-state index contributed by atoms with van der Waals surface area (Å²) in [6, 6.07) is 12.6. The number of para-hydroxylation sites is 1. The van der Waals surface area contributed by atoms with Gasteiger partial charge in [0.05, 0.1) is 9.83 Å². The largest absolute Gasteiger partial charge is 0.459 e. The minimum absolute atomic E-state index is 0.200. The maximum atomic E-state index is 5.85. The third-order valence-electron chi connectivity index (χ3n) is 3.11. The van der Waals surface area contributed by atoms with Crippen LogP contribution in [-0.2, 0) is 6.54 Å². The third kappa shape index (κ3) is 2.91. The molecule has 0 spiro atoms. The van der Waals surface area contributed by atoms with Crippen molar-refractivity contribution in [3.8, 4) is 0 Å². The zero-order valence-corrected chi connectivity index (χ0v) is 12.9. The van der Waals surface area contributed by atoms with Gasteiger partial charge in [-0.25, -0.2) is 0 Å². The highest BCUT2D eigenvalue weighted by molar-refractivity contribution is 9.11. The molecule has 1 aromatic carbocycles. The quantitative estimate of drug-likeness (QED) is 0.716. The molecule has 1 atom stereocenters. The van der Waals surface area contributed by atoms with E-state index in [1.807, 2.05) is 18.2 Å². The summed E-state index contributed by atoms with van der Waals surface area (Å²) >= 11 is 5.19. The van der Waals surface area contributed by atoms with Crippen LogP contribution < -0.4 is 5.32 Å². The molecule has 19 heavy (non-hydrogen) atoms. The molecule has 4 heteroatoms. The lowest BCUT2D eigenvalue weighted by Crippen LogP contribution is -2.17. The Bertz CT molecular complexity index is 655. The molecule has 0 bridgehead atoms. The summed E-state index contributed by atoms with van der Waals surface area (Å²) in [4.78, 5) is 0. The molecule has 3 aromatic rings. The Morgan fingerprint density at radius 3 is 2.89 bits per heavy atom. The monoisotopic (exact) mass is 335 g/mol. The van der Waals surface area contributed by atoms with Gasteiger partial charge in [0.15, 0.2) is 0 Å². The maximum Gasteiger partial charge on any atom is 0.134 e. The van der Waals surface area contributed by atoms with Crippen molar-refractivity contribution in [2.45, 2.75) is 19.5 Å². The lowest BCUT2D eigenvalue weighted by molar-refractivity contribution is 0.451. The molecule has 2 heterocycles.